The van der Waals surface area contributed by atoms with Gasteiger partial charge in [-0.05, 0) is 0 Å². The molecule has 0 aliphatic carbocycles. The molecular weight excluding hydrogens is 232 g/mol. The highest BCUT2D eigenvalue weighted by atomic mass is 16.6. The number of amides is 2. The number of carbonyl (C=O) groups excluding carboxylic acids is 1. The van der Waals surface area contributed by atoms with E-state index >= 15 is 0 Å². The number of ether oxygens (including phenoxy) is 1. The molecule has 5 N–H and O–H groups in total. The van der Waals surface area contributed by atoms with Gasteiger partial charge in [0, 0.05) is 13.0 Å². The molecule has 0 aromatic carbocycles. The monoisotopic (exact) mass is 248 g/mol. The number of urea groups is 1. The largest absolute Gasteiger partial charge is 0.394 e. The summed E-state index contributed by atoms with van der Waals surface area (Å²) >= 11 is 0. The van der Waals surface area contributed by atoms with E-state index in [1.165, 1.54) is 0 Å². The fraction of sp³-hybridized carbons (Fsp3) is 0.889. The van der Waals surface area contributed by atoms with Crippen molar-refractivity contribution in [2.24, 2.45) is 0 Å². The number of aliphatic hydroxyl groups is 4. The normalized spacial score (nSPS) is 42.7. The van der Waals surface area contributed by atoms with Gasteiger partial charge in [-0.1, -0.05) is 0 Å². The van der Waals surface area contributed by atoms with Crippen LogP contribution in [0.1, 0.15) is 6.42 Å². The Morgan fingerprint density at radius 2 is 2.06 bits per heavy atom. The Kier molecular flexibility index (Phi) is 3.50. The molecule has 2 fully saturated rings. The lowest BCUT2D eigenvalue weighted by Crippen LogP contribution is -2.59. The van der Waals surface area contributed by atoms with Crippen LogP contribution >= 0.6 is 0 Å². The molecule has 17 heavy (non-hydrogen) atoms. The number of hydrogen-bond donors (Lipinski definition) is 5. The number of nitrogens with one attached hydrogen (secondary N) is 1. The van der Waals surface area contributed by atoms with E-state index in [0.29, 0.717) is 13.0 Å². The smallest absolute Gasteiger partial charge is 0.321 e. The Bertz CT molecular complexity index is 301. The quantitative estimate of drug-likeness (QED) is 0.359. The summed E-state index contributed by atoms with van der Waals surface area (Å²) in [7, 11) is 0. The number of carbonyl (C=O) groups is 1. The van der Waals surface area contributed by atoms with Crippen molar-refractivity contribution >= 4 is 6.03 Å². The van der Waals surface area contributed by atoms with Crippen LogP contribution in [0.5, 0.6) is 0 Å². The first-order chi connectivity index (χ1) is 8.06. The molecule has 0 spiro atoms. The molecule has 0 saturated carbocycles. The van der Waals surface area contributed by atoms with Crippen molar-refractivity contribution < 1.29 is 30.0 Å². The maximum atomic E-state index is 11.6. The van der Waals surface area contributed by atoms with Gasteiger partial charge in [-0.25, -0.2) is 4.79 Å². The van der Waals surface area contributed by atoms with Crippen LogP contribution in [0.2, 0.25) is 0 Å². The summed E-state index contributed by atoms with van der Waals surface area (Å²) in [6.45, 7) is -0.133. The molecule has 8 heteroatoms. The van der Waals surface area contributed by atoms with E-state index in [4.69, 9.17) is 9.84 Å². The molecule has 0 aromatic heterocycles. The zero-order chi connectivity index (χ0) is 12.6. The number of rotatable bonds is 2. The molecule has 0 bridgehead atoms. The molecule has 5 atom stereocenters. The first-order valence-corrected chi connectivity index (χ1v) is 5.43. The molecule has 98 valence electrons. The fourth-order valence-electron chi connectivity index (χ4n) is 2.07. The lowest BCUT2D eigenvalue weighted by Gasteiger charge is -2.37. The van der Waals surface area contributed by atoms with E-state index in [-0.39, 0.29) is 0 Å². The fourth-order valence-corrected chi connectivity index (χ4v) is 2.07. The zero-order valence-electron chi connectivity index (χ0n) is 9.06. The molecule has 2 saturated heterocycles. The standard InChI is InChI=1S/C9H16N2O6/c12-3-4-6(14)7(15)8(17-4)11-5(13)1-2-10-9(11)16/h4-8,12-15H,1-3H2,(H,10,16)/t4-,5?,6-,7-,8?/m1/s1. The van der Waals surface area contributed by atoms with E-state index in [9.17, 15) is 20.1 Å². The van der Waals surface area contributed by atoms with Gasteiger partial charge in [0.2, 0.25) is 0 Å². The number of aliphatic hydroxyl groups excluding tert-OH is 4. The third-order valence-electron chi connectivity index (χ3n) is 3.03. The van der Waals surface area contributed by atoms with Crippen LogP contribution in [-0.2, 0) is 4.74 Å². The number of nitrogens with zero attached hydrogens (tertiary/aromatic N) is 1. The van der Waals surface area contributed by atoms with E-state index in [1.807, 2.05) is 0 Å². The summed E-state index contributed by atoms with van der Waals surface area (Å²) in [5, 5.41) is 40.4. The molecule has 0 radical (unpaired) electrons. The van der Waals surface area contributed by atoms with Gasteiger partial charge >= 0.3 is 6.03 Å². The summed E-state index contributed by atoms with van der Waals surface area (Å²) in [6.07, 6.45) is -5.53. The van der Waals surface area contributed by atoms with E-state index in [2.05, 4.69) is 5.32 Å². The lowest BCUT2D eigenvalue weighted by molar-refractivity contribution is -0.136. The molecular formula is C9H16N2O6. The van der Waals surface area contributed by atoms with Gasteiger partial charge in [-0.2, -0.15) is 0 Å². The van der Waals surface area contributed by atoms with Crippen LogP contribution in [0.25, 0.3) is 0 Å². The highest BCUT2D eigenvalue weighted by Gasteiger charge is 2.48. The molecule has 2 unspecified atom stereocenters. The maximum Gasteiger partial charge on any atom is 0.321 e. The third kappa shape index (κ3) is 2.09. The van der Waals surface area contributed by atoms with Gasteiger partial charge in [-0.15, -0.1) is 0 Å². The van der Waals surface area contributed by atoms with Crippen LogP contribution in [0.4, 0.5) is 4.79 Å². The van der Waals surface area contributed by atoms with Gasteiger partial charge in [-0.3, -0.25) is 4.90 Å². The van der Waals surface area contributed by atoms with Gasteiger partial charge < -0.3 is 30.5 Å². The van der Waals surface area contributed by atoms with E-state index in [1.54, 1.807) is 0 Å². The van der Waals surface area contributed by atoms with Gasteiger partial charge in [0.1, 0.15) is 24.5 Å². The second kappa shape index (κ2) is 4.75. The van der Waals surface area contributed by atoms with Crippen molar-refractivity contribution in [1.82, 2.24) is 10.2 Å². The van der Waals surface area contributed by atoms with Crippen molar-refractivity contribution in [3.05, 3.63) is 0 Å². The first-order valence-electron chi connectivity index (χ1n) is 5.43. The Labute approximate surface area is 97.4 Å². The molecule has 0 aromatic rings. The van der Waals surface area contributed by atoms with Crippen molar-refractivity contribution in [3.8, 4) is 0 Å². The second-order valence-electron chi connectivity index (χ2n) is 4.14. The van der Waals surface area contributed by atoms with E-state index in [0.717, 1.165) is 4.90 Å². The van der Waals surface area contributed by atoms with Crippen LogP contribution in [0, 0.1) is 0 Å². The topological polar surface area (TPSA) is 122 Å². The summed E-state index contributed by atoms with van der Waals surface area (Å²) in [5.41, 5.74) is 0. The lowest BCUT2D eigenvalue weighted by atomic mass is 10.1. The summed E-state index contributed by atoms with van der Waals surface area (Å²) in [5.74, 6) is 0. The summed E-state index contributed by atoms with van der Waals surface area (Å²) < 4.78 is 5.17. The van der Waals surface area contributed by atoms with Gasteiger partial charge in [0.05, 0.1) is 6.61 Å². The Morgan fingerprint density at radius 3 is 2.59 bits per heavy atom. The molecule has 2 aliphatic heterocycles. The van der Waals surface area contributed by atoms with Crippen LogP contribution in [0.15, 0.2) is 0 Å². The van der Waals surface area contributed by atoms with Crippen LogP contribution in [-0.4, -0.2) is 75.3 Å². The van der Waals surface area contributed by atoms with Crippen LogP contribution in [0.3, 0.4) is 0 Å². The molecule has 8 nitrogen and oxygen atoms in total. The maximum absolute atomic E-state index is 11.6. The van der Waals surface area contributed by atoms with Crippen molar-refractivity contribution in [3.63, 3.8) is 0 Å². The average Bonchev–Trinajstić information content (AvgIpc) is 2.57. The average molecular weight is 248 g/mol. The Morgan fingerprint density at radius 1 is 1.35 bits per heavy atom. The van der Waals surface area contributed by atoms with Crippen molar-refractivity contribution in [2.75, 3.05) is 13.2 Å². The van der Waals surface area contributed by atoms with Crippen molar-refractivity contribution in [1.29, 1.82) is 0 Å². The SMILES string of the molecule is O=C1NCCC(O)N1C1O[C@H](CO)[C@@H](O)[C@H]1O. The molecule has 2 rings (SSSR count). The Balaban J connectivity index is 2.13. The third-order valence-corrected chi connectivity index (χ3v) is 3.03. The highest BCUT2D eigenvalue weighted by Crippen LogP contribution is 2.26. The first kappa shape index (κ1) is 12.5. The summed E-state index contributed by atoms with van der Waals surface area (Å²) in [6, 6.07) is -0.571. The minimum atomic E-state index is -1.36. The predicted molar refractivity (Wildman–Crippen MR) is 53.6 cm³/mol. The van der Waals surface area contributed by atoms with Gasteiger partial charge in [0.15, 0.2) is 6.23 Å². The van der Waals surface area contributed by atoms with Gasteiger partial charge in [0.25, 0.3) is 0 Å². The Hall–Kier alpha value is -0.930. The predicted octanol–water partition coefficient (Wildman–Crippen LogP) is -2.84. The molecule has 2 amide bonds. The van der Waals surface area contributed by atoms with E-state index < -0.39 is 43.4 Å². The van der Waals surface area contributed by atoms with Crippen LogP contribution < -0.4 is 5.32 Å². The minimum absolute atomic E-state index is 0.304. The van der Waals surface area contributed by atoms with Crippen molar-refractivity contribution in [2.45, 2.75) is 37.2 Å². The number of hydrogen-bond acceptors (Lipinski definition) is 6. The zero-order valence-corrected chi connectivity index (χ0v) is 9.06. The summed E-state index contributed by atoms with van der Waals surface area (Å²) in [4.78, 5) is 12.5. The minimum Gasteiger partial charge on any atom is -0.394 e. The molecule has 2 aliphatic rings. The molecule has 2 heterocycles. The second-order valence-corrected chi connectivity index (χ2v) is 4.14. The highest BCUT2D eigenvalue weighted by molar-refractivity contribution is 5.75.